The molecular weight excluding hydrogens is 416 g/mol. The van der Waals surface area contributed by atoms with Gasteiger partial charge >= 0.3 is 5.97 Å². The molecule has 0 aliphatic heterocycles. The minimum Gasteiger partial charge on any atom is -0.462 e. The second-order valence-corrected chi connectivity index (χ2v) is 10.6. The maximum Gasteiger partial charge on any atom is 0.333 e. The normalized spacial score (nSPS) is 27.5. The van der Waals surface area contributed by atoms with Crippen molar-refractivity contribution in [3.05, 3.63) is 24.3 Å². The lowest BCUT2D eigenvalue weighted by Gasteiger charge is -2.39. The van der Waals surface area contributed by atoms with Gasteiger partial charge in [-0.05, 0) is 69.1 Å². The fraction of sp³-hybridized carbons (Fsp3) is 0.821. The third kappa shape index (κ3) is 9.54. The van der Waals surface area contributed by atoms with Crippen LogP contribution in [0.5, 0.6) is 0 Å². The molecule has 2 fully saturated rings. The Balaban J connectivity index is 1.82. The molecule has 0 aromatic rings. The van der Waals surface area contributed by atoms with Crippen molar-refractivity contribution in [3.8, 4) is 0 Å². The van der Waals surface area contributed by atoms with Gasteiger partial charge < -0.3 is 19.7 Å². The highest BCUT2D eigenvalue weighted by Gasteiger charge is 2.34. The first-order chi connectivity index (χ1) is 15.8. The topological polar surface area (TPSA) is 76.0 Å². The highest BCUT2D eigenvalue weighted by Crippen LogP contribution is 2.43. The van der Waals surface area contributed by atoms with E-state index in [-0.39, 0.29) is 37.3 Å². The fourth-order valence-corrected chi connectivity index (χ4v) is 5.76. The van der Waals surface area contributed by atoms with E-state index in [9.17, 15) is 9.90 Å². The van der Waals surface area contributed by atoms with Crippen LogP contribution in [0.4, 0.5) is 0 Å². The van der Waals surface area contributed by atoms with Crippen molar-refractivity contribution >= 4 is 5.97 Å². The summed E-state index contributed by atoms with van der Waals surface area (Å²) in [7, 11) is 0. The van der Waals surface area contributed by atoms with Crippen molar-refractivity contribution < 1.29 is 24.5 Å². The van der Waals surface area contributed by atoms with E-state index >= 15 is 0 Å². The van der Waals surface area contributed by atoms with E-state index in [0.29, 0.717) is 11.5 Å². The largest absolute Gasteiger partial charge is 0.462 e. The molecule has 0 spiro atoms. The van der Waals surface area contributed by atoms with Gasteiger partial charge in [0.2, 0.25) is 0 Å². The number of aliphatic hydroxyl groups excluding tert-OH is 2. The van der Waals surface area contributed by atoms with E-state index in [2.05, 4.69) is 20.1 Å². The van der Waals surface area contributed by atoms with Gasteiger partial charge in [-0.3, -0.25) is 0 Å². The fourth-order valence-electron chi connectivity index (χ4n) is 5.76. The zero-order valence-electron chi connectivity index (χ0n) is 21.1. The predicted molar refractivity (Wildman–Crippen MR) is 132 cm³/mol. The van der Waals surface area contributed by atoms with E-state index in [0.717, 1.165) is 30.6 Å². The monoisotopic (exact) mass is 464 g/mol. The Bertz CT molecular complexity index is 599. The third-order valence-corrected chi connectivity index (χ3v) is 8.05. The second-order valence-electron chi connectivity index (χ2n) is 10.6. The molecule has 2 aliphatic rings. The molecule has 5 heteroatoms. The summed E-state index contributed by atoms with van der Waals surface area (Å²) in [6, 6.07) is 0. The first-order valence-electron chi connectivity index (χ1n) is 13.3. The number of unbranched alkanes of at least 4 members (excludes halogenated alkanes) is 2. The van der Waals surface area contributed by atoms with Crippen LogP contribution in [0.15, 0.2) is 24.3 Å². The van der Waals surface area contributed by atoms with Crippen LogP contribution in [0.1, 0.15) is 90.9 Å². The molecule has 33 heavy (non-hydrogen) atoms. The molecule has 0 aromatic carbocycles. The Morgan fingerprint density at radius 2 is 1.58 bits per heavy atom. The lowest BCUT2D eigenvalue weighted by Crippen LogP contribution is -2.33. The Labute approximate surface area is 201 Å². The van der Waals surface area contributed by atoms with Gasteiger partial charge in [0.15, 0.2) is 6.29 Å². The maximum absolute atomic E-state index is 11.9. The van der Waals surface area contributed by atoms with Crippen LogP contribution >= 0.6 is 0 Å². The molecule has 2 saturated carbocycles. The zero-order valence-corrected chi connectivity index (χ0v) is 21.1. The molecule has 0 radical (unpaired) electrons. The number of esters is 1. The van der Waals surface area contributed by atoms with Gasteiger partial charge in [0.1, 0.15) is 0 Å². The van der Waals surface area contributed by atoms with Crippen molar-refractivity contribution in [1.29, 1.82) is 0 Å². The van der Waals surface area contributed by atoms with E-state index in [1.807, 2.05) is 0 Å². The van der Waals surface area contributed by atoms with E-state index in [1.165, 1.54) is 64.2 Å². The molecule has 2 N–H and O–H groups in total. The summed E-state index contributed by atoms with van der Waals surface area (Å²) in [5.74, 6) is 2.68. The number of hydrogen-bond donors (Lipinski definition) is 2. The highest BCUT2D eigenvalue weighted by molar-refractivity contribution is 5.86. The number of carbonyl (C=O) groups excluding carboxylic acids is 1. The van der Waals surface area contributed by atoms with Crippen LogP contribution in [0.3, 0.4) is 0 Å². The van der Waals surface area contributed by atoms with E-state index in [4.69, 9.17) is 14.6 Å². The van der Waals surface area contributed by atoms with Crippen LogP contribution < -0.4 is 0 Å². The summed E-state index contributed by atoms with van der Waals surface area (Å²) in [5, 5.41) is 19.2. The lowest BCUT2D eigenvalue weighted by atomic mass is 9.67. The van der Waals surface area contributed by atoms with Crippen LogP contribution in [0, 0.1) is 29.6 Å². The number of hydrogen-bond acceptors (Lipinski definition) is 5. The van der Waals surface area contributed by atoms with Gasteiger partial charge in [0.05, 0.1) is 19.8 Å². The molecule has 2 atom stereocenters. The molecular formula is C28H48O5. The van der Waals surface area contributed by atoms with Gasteiger partial charge in [-0.25, -0.2) is 4.79 Å². The second kappa shape index (κ2) is 15.0. The van der Waals surface area contributed by atoms with Crippen molar-refractivity contribution in [1.82, 2.24) is 0 Å². The molecule has 0 amide bonds. The first kappa shape index (κ1) is 28.1. The molecule has 5 nitrogen and oxygen atoms in total. The Hall–Kier alpha value is -1.17. The van der Waals surface area contributed by atoms with Crippen molar-refractivity contribution in [2.75, 3.05) is 19.8 Å². The molecule has 0 bridgehead atoms. The summed E-state index contributed by atoms with van der Waals surface area (Å²) in [5.41, 5.74) is 0.624. The number of aliphatic hydroxyl groups is 2. The number of carbonyl (C=O) groups is 1. The van der Waals surface area contributed by atoms with Crippen LogP contribution in [-0.4, -0.2) is 42.3 Å². The number of rotatable bonds is 14. The predicted octanol–water partition coefficient (Wildman–Crippen LogP) is 5.80. The molecule has 190 valence electrons. The standard InChI is InChI=1S/C28H48O5/c1-5-6-7-8-22-9-11-23(12-10-22)24-13-15-25(16-14-24)26(18-32-27(30)20(2)3)19-33-28(31)21(4)17-29/h22-26,28-29,31H,2,4-19H2,1,3H3. The molecule has 2 unspecified atom stereocenters. The Morgan fingerprint density at radius 3 is 2.12 bits per heavy atom. The summed E-state index contributed by atoms with van der Waals surface area (Å²) in [6.45, 7) is 11.4. The van der Waals surface area contributed by atoms with E-state index in [1.54, 1.807) is 6.92 Å². The molecule has 2 aliphatic carbocycles. The van der Waals surface area contributed by atoms with Crippen LogP contribution in [-0.2, 0) is 14.3 Å². The van der Waals surface area contributed by atoms with Gasteiger partial charge in [-0.2, -0.15) is 0 Å². The Morgan fingerprint density at radius 1 is 0.970 bits per heavy atom. The minimum absolute atomic E-state index is 0.0182. The van der Waals surface area contributed by atoms with Crippen molar-refractivity contribution in [3.63, 3.8) is 0 Å². The van der Waals surface area contributed by atoms with E-state index < -0.39 is 6.29 Å². The third-order valence-electron chi connectivity index (χ3n) is 8.05. The molecule has 0 saturated heterocycles. The van der Waals surface area contributed by atoms with Gasteiger partial charge in [-0.1, -0.05) is 58.6 Å². The maximum atomic E-state index is 11.9. The van der Waals surface area contributed by atoms with Gasteiger partial charge in [0.25, 0.3) is 0 Å². The Kier molecular flexibility index (Phi) is 12.7. The smallest absolute Gasteiger partial charge is 0.333 e. The number of ether oxygens (including phenoxy) is 2. The minimum atomic E-state index is -1.20. The molecule has 0 heterocycles. The van der Waals surface area contributed by atoms with Crippen LogP contribution in [0.25, 0.3) is 0 Å². The SMILES string of the molecule is C=C(C)C(=O)OCC(COC(O)C(=C)CO)C1CCC(C2CCC(CCCCC)CC2)CC1. The van der Waals surface area contributed by atoms with Crippen molar-refractivity contribution in [2.45, 2.75) is 97.2 Å². The highest BCUT2D eigenvalue weighted by atomic mass is 16.6. The molecule has 2 rings (SSSR count). The summed E-state index contributed by atoms with van der Waals surface area (Å²) in [4.78, 5) is 11.9. The average molecular weight is 465 g/mol. The molecule has 0 aromatic heterocycles. The van der Waals surface area contributed by atoms with Crippen LogP contribution in [0.2, 0.25) is 0 Å². The first-order valence-corrected chi connectivity index (χ1v) is 13.3. The average Bonchev–Trinajstić information content (AvgIpc) is 2.84. The van der Waals surface area contributed by atoms with Crippen molar-refractivity contribution in [2.24, 2.45) is 29.6 Å². The zero-order chi connectivity index (χ0) is 24.2. The van der Waals surface area contributed by atoms with Gasteiger partial charge in [0, 0.05) is 17.1 Å². The lowest BCUT2D eigenvalue weighted by molar-refractivity contribution is -0.144. The summed E-state index contributed by atoms with van der Waals surface area (Å²) >= 11 is 0. The summed E-state index contributed by atoms with van der Waals surface area (Å²) < 4.78 is 11.0. The summed E-state index contributed by atoms with van der Waals surface area (Å²) in [6.07, 6.45) is 14.6. The van der Waals surface area contributed by atoms with Gasteiger partial charge in [-0.15, -0.1) is 0 Å². The quantitative estimate of drug-likeness (QED) is 0.112.